The topological polar surface area (TPSA) is 52.0 Å². The maximum atomic E-state index is 5.83. The first-order valence-electron chi connectivity index (χ1n) is 8.12. The minimum absolute atomic E-state index is 0.0734. The van der Waals surface area contributed by atoms with E-state index < -0.39 is 0 Å². The first kappa shape index (κ1) is 16.1. The van der Waals surface area contributed by atoms with Gasteiger partial charge in [0.15, 0.2) is 0 Å². The van der Waals surface area contributed by atoms with Crippen molar-refractivity contribution in [1.29, 1.82) is 0 Å². The number of fused-ring (bicyclic) bond motifs is 1. The normalized spacial score (nSPS) is 15.9. The highest BCUT2D eigenvalue weighted by Crippen LogP contribution is 2.36. The smallest absolute Gasteiger partial charge is 0.226 e. The Labute approximate surface area is 159 Å². The second kappa shape index (κ2) is 6.87. The van der Waals surface area contributed by atoms with Crippen molar-refractivity contribution in [1.82, 2.24) is 14.8 Å². The summed E-state index contributed by atoms with van der Waals surface area (Å²) < 4.78 is 8.92. The van der Waals surface area contributed by atoms with Gasteiger partial charge in [-0.15, -0.1) is 0 Å². The number of hydrogen-bond acceptors (Lipinski definition) is 4. The summed E-state index contributed by atoms with van der Waals surface area (Å²) in [4.78, 5) is 4.36. The molecule has 2 aromatic carbocycles. The highest BCUT2D eigenvalue weighted by atomic mass is 127. The van der Waals surface area contributed by atoms with Crippen LogP contribution in [-0.2, 0) is 0 Å². The fraction of sp³-hybridized carbons (Fsp3) is 0.158. The van der Waals surface area contributed by atoms with E-state index in [2.05, 4.69) is 74.4 Å². The molecule has 6 heteroatoms. The number of allylic oxidation sites excluding steroid dienone is 1. The van der Waals surface area contributed by atoms with Gasteiger partial charge in [0.2, 0.25) is 5.95 Å². The van der Waals surface area contributed by atoms with Gasteiger partial charge < -0.3 is 10.1 Å². The number of rotatable bonds is 4. The van der Waals surface area contributed by atoms with Gasteiger partial charge in [0.1, 0.15) is 18.1 Å². The molecule has 0 aliphatic carbocycles. The Bertz CT molecular complexity index is 917. The van der Waals surface area contributed by atoms with Crippen molar-refractivity contribution in [2.24, 2.45) is 0 Å². The van der Waals surface area contributed by atoms with Crippen molar-refractivity contribution in [2.45, 2.75) is 13.0 Å². The highest BCUT2D eigenvalue weighted by Gasteiger charge is 2.25. The van der Waals surface area contributed by atoms with E-state index in [1.165, 1.54) is 3.57 Å². The predicted octanol–water partition coefficient (Wildman–Crippen LogP) is 4.34. The zero-order chi connectivity index (χ0) is 17.2. The van der Waals surface area contributed by atoms with Gasteiger partial charge in [0.05, 0.1) is 6.61 Å². The Morgan fingerprint density at radius 1 is 1.16 bits per heavy atom. The van der Waals surface area contributed by atoms with Crippen molar-refractivity contribution >= 4 is 34.2 Å². The number of nitrogens with zero attached hydrogens (tertiary/aromatic N) is 3. The molecule has 1 aliphatic heterocycles. The average molecular weight is 444 g/mol. The van der Waals surface area contributed by atoms with E-state index in [1.807, 2.05) is 29.8 Å². The van der Waals surface area contributed by atoms with Crippen molar-refractivity contribution in [3.63, 3.8) is 0 Å². The summed E-state index contributed by atoms with van der Waals surface area (Å²) in [5, 5.41) is 7.77. The van der Waals surface area contributed by atoms with Crippen LogP contribution in [0.5, 0.6) is 5.75 Å². The van der Waals surface area contributed by atoms with Crippen LogP contribution in [0, 0.1) is 3.57 Å². The number of para-hydroxylation sites is 1. The third-order valence-corrected chi connectivity index (χ3v) is 4.82. The number of anilines is 1. The van der Waals surface area contributed by atoms with E-state index in [0.29, 0.717) is 6.61 Å². The van der Waals surface area contributed by atoms with E-state index in [9.17, 15) is 0 Å². The third-order valence-electron chi connectivity index (χ3n) is 4.10. The molecule has 4 rings (SSSR count). The number of nitrogens with one attached hydrogen (secondary N) is 1. The summed E-state index contributed by atoms with van der Waals surface area (Å²) in [6.07, 6.45) is 3.74. The molecule has 0 spiro atoms. The number of benzene rings is 2. The first-order chi connectivity index (χ1) is 12.3. The van der Waals surface area contributed by atoms with Crippen LogP contribution in [0.15, 0.2) is 60.9 Å². The monoisotopic (exact) mass is 444 g/mol. The van der Waals surface area contributed by atoms with Gasteiger partial charge >= 0.3 is 0 Å². The Kier molecular flexibility index (Phi) is 4.44. The number of aromatic nitrogens is 3. The lowest BCUT2D eigenvalue weighted by Crippen LogP contribution is -2.20. The van der Waals surface area contributed by atoms with Gasteiger partial charge in [-0.3, -0.25) is 0 Å². The Morgan fingerprint density at radius 3 is 2.76 bits per heavy atom. The molecule has 1 aliphatic rings. The highest BCUT2D eigenvalue weighted by molar-refractivity contribution is 14.1. The molecule has 0 saturated carbocycles. The van der Waals surface area contributed by atoms with Gasteiger partial charge in [-0.2, -0.15) is 10.1 Å². The molecule has 5 nitrogen and oxygen atoms in total. The molecule has 0 radical (unpaired) electrons. The maximum Gasteiger partial charge on any atom is 0.226 e. The van der Waals surface area contributed by atoms with Crippen molar-refractivity contribution in [3.05, 3.63) is 75.6 Å². The summed E-state index contributed by atoms with van der Waals surface area (Å²) in [6.45, 7) is 2.62. The van der Waals surface area contributed by atoms with Crippen molar-refractivity contribution < 1.29 is 4.74 Å². The third kappa shape index (κ3) is 3.13. The van der Waals surface area contributed by atoms with Crippen LogP contribution in [0.4, 0.5) is 5.95 Å². The minimum atomic E-state index is -0.0734. The zero-order valence-electron chi connectivity index (χ0n) is 13.7. The Hall–Kier alpha value is -2.35. The molecular weight excluding hydrogens is 427 g/mol. The van der Waals surface area contributed by atoms with Gasteiger partial charge in [-0.05, 0) is 59.4 Å². The molecule has 1 atom stereocenters. The van der Waals surface area contributed by atoms with E-state index in [4.69, 9.17) is 4.74 Å². The quantitative estimate of drug-likeness (QED) is 0.609. The molecule has 3 aromatic rings. The van der Waals surface area contributed by atoms with Crippen LogP contribution < -0.4 is 10.1 Å². The summed E-state index contributed by atoms with van der Waals surface area (Å²) >= 11 is 2.31. The SMILES string of the molecule is CCOc1ccccc1C1C=C(c2ccc(I)cc2)Nc2ncnn21. The Balaban J connectivity index is 1.81. The van der Waals surface area contributed by atoms with Crippen LogP contribution in [0.1, 0.15) is 24.1 Å². The van der Waals surface area contributed by atoms with E-state index in [1.54, 1.807) is 6.33 Å². The van der Waals surface area contributed by atoms with Gasteiger partial charge in [-0.1, -0.05) is 30.3 Å². The van der Waals surface area contributed by atoms with Crippen LogP contribution in [-0.4, -0.2) is 21.4 Å². The fourth-order valence-corrected chi connectivity index (χ4v) is 3.32. The molecule has 2 heterocycles. The molecule has 1 N–H and O–H groups in total. The number of ether oxygens (including phenoxy) is 1. The van der Waals surface area contributed by atoms with E-state index in [0.717, 1.165) is 28.5 Å². The molecule has 0 fully saturated rings. The maximum absolute atomic E-state index is 5.83. The average Bonchev–Trinajstić information content (AvgIpc) is 3.11. The molecule has 0 bridgehead atoms. The van der Waals surface area contributed by atoms with Crippen molar-refractivity contribution in [2.75, 3.05) is 11.9 Å². The molecule has 1 unspecified atom stereocenters. The van der Waals surface area contributed by atoms with Crippen LogP contribution >= 0.6 is 22.6 Å². The molecule has 126 valence electrons. The summed E-state index contributed by atoms with van der Waals surface area (Å²) in [5.74, 6) is 1.60. The van der Waals surface area contributed by atoms with Crippen LogP contribution in [0.2, 0.25) is 0 Å². The molecule has 25 heavy (non-hydrogen) atoms. The standard InChI is InChI=1S/C19H17IN4O/c1-2-25-18-6-4-3-5-15(18)17-11-16(13-7-9-14(20)10-8-13)23-19-21-12-22-24(17)19/h3-12,17H,2H2,1H3,(H,21,22,23). The lowest BCUT2D eigenvalue weighted by molar-refractivity contribution is 0.333. The predicted molar refractivity (Wildman–Crippen MR) is 107 cm³/mol. The van der Waals surface area contributed by atoms with Crippen molar-refractivity contribution in [3.8, 4) is 5.75 Å². The summed E-state index contributed by atoms with van der Waals surface area (Å²) in [6, 6.07) is 16.4. The summed E-state index contributed by atoms with van der Waals surface area (Å²) in [5.41, 5.74) is 3.21. The lowest BCUT2D eigenvalue weighted by atomic mass is 10.0. The Morgan fingerprint density at radius 2 is 1.96 bits per heavy atom. The van der Waals surface area contributed by atoms with E-state index in [-0.39, 0.29) is 6.04 Å². The lowest BCUT2D eigenvalue weighted by Gasteiger charge is -2.25. The molecular formula is C19H17IN4O. The number of hydrogen-bond donors (Lipinski definition) is 1. The van der Waals surface area contributed by atoms with Gasteiger partial charge in [-0.25, -0.2) is 4.68 Å². The molecule has 0 saturated heterocycles. The number of halogens is 1. The first-order valence-corrected chi connectivity index (χ1v) is 9.20. The van der Waals surface area contributed by atoms with Gasteiger partial charge in [0.25, 0.3) is 0 Å². The molecule has 0 amide bonds. The largest absolute Gasteiger partial charge is 0.494 e. The van der Waals surface area contributed by atoms with Crippen LogP contribution in [0.3, 0.4) is 0 Å². The fourth-order valence-electron chi connectivity index (χ4n) is 2.96. The van der Waals surface area contributed by atoms with E-state index >= 15 is 0 Å². The van der Waals surface area contributed by atoms with Gasteiger partial charge in [0, 0.05) is 14.8 Å². The second-order valence-electron chi connectivity index (χ2n) is 5.66. The zero-order valence-corrected chi connectivity index (χ0v) is 15.8. The second-order valence-corrected chi connectivity index (χ2v) is 6.90. The van der Waals surface area contributed by atoms with Crippen LogP contribution in [0.25, 0.3) is 5.70 Å². The molecule has 1 aromatic heterocycles. The minimum Gasteiger partial charge on any atom is -0.494 e. The summed E-state index contributed by atoms with van der Waals surface area (Å²) in [7, 11) is 0.